The van der Waals surface area contributed by atoms with Crippen LogP contribution in [0.3, 0.4) is 0 Å². The quantitative estimate of drug-likeness (QED) is 0.827. The zero-order chi connectivity index (χ0) is 20.1. The van der Waals surface area contributed by atoms with E-state index in [1.807, 2.05) is 31.2 Å². The van der Waals surface area contributed by atoms with Gasteiger partial charge in [0.05, 0.1) is 24.8 Å². The van der Waals surface area contributed by atoms with Crippen molar-refractivity contribution in [2.45, 2.75) is 39.7 Å². The average Bonchev–Trinajstić information content (AvgIpc) is 2.81. The SMILES string of the molecule is CC(C)Cc1ccc([C@H](C)NC(=O)CN2C(=O)CCOc3ccccc32)cc1. The highest BCUT2D eigenvalue weighted by Crippen LogP contribution is 2.30. The maximum Gasteiger partial charge on any atom is 0.240 e. The number of rotatable bonds is 6. The van der Waals surface area contributed by atoms with E-state index in [4.69, 9.17) is 4.74 Å². The van der Waals surface area contributed by atoms with Gasteiger partial charge in [-0.25, -0.2) is 0 Å². The van der Waals surface area contributed by atoms with E-state index in [-0.39, 0.29) is 30.8 Å². The van der Waals surface area contributed by atoms with Crippen LogP contribution in [0.5, 0.6) is 5.75 Å². The third kappa shape index (κ3) is 4.91. The molecular formula is C23H28N2O3. The first kappa shape index (κ1) is 19.9. The molecule has 0 saturated carbocycles. The molecule has 0 saturated heterocycles. The maximum atomic E-state index is 12.6. The van der Waals surface area contributed by atoms with Crippen molar-refractivity contribution in [2.75, 3.05) is 18.1 Å². The summed E-state index contributed by atoms with van der Waals surface area (Å²) in [7, 11) is 0. The molecule has 3 rings (SSSR count). The fraction of sp³-hybridized carbons (Fsp3) is 0.391. The first-order valence-electron chi connectivity index (χ1n) is 9.84. The van der Waals surface area contributed by atoms with E-state index in [0.717, 1.165) is 12.0 Å². The van der Waals surface area contributed by atoms with Crippen LogP contribution in [0.25, 0.3) is 0 Å². The van der Waals surface area contributed by atoms with E-state index >= 15 is 0 Å². The number of benzene rings is 2. The summed E-state index contributed by atoms with van der Waals surface area (Å²) < 4.78 is 5.63. The molecule has 28 heavy (non-hydrogen) atoms. The van der Waals surface area contributed by atoms with Gasteiger partial charge in [0.15, 0.2) is 0 Å². The van der Waals surface area contributed by atoms with Crippen molar-refractivity contribution in [2.24, 2.45) is 5.92 Å². The van der Waals surface area contributed by atoms with Gasteiger partial charge in [0.2, 0.25) is 11.8 Å². The number of hydrogen-bond donors (Lipinski definition) is 1. The van der Waals surface area contributed by atoms with Crippen molar-refractivity contribution >= 4 is 17.5 Å². The van der Waals surface area contributed by atoms with Crippen LogP contribution in [-0.2, 0) is 16.0 Å². The number of ether oxygens (including phenoxy) is 1. The molecule has 0 aromatic heterocycles. The summed E-state index contributed by atoms with van der Waals surface area (Å²) in [5, 5.41) is 3.00. The summed E-state index contributed by atoms with van der Waals surface area (Å²) in [6.07, 6.45) is 1.30. The Morgan fingerprint density at radius 2 is 1.82 bits per heavy atom. The predicted molar refractivity (Wildman–Crippen MR) is 110 cm³/mol. The molecule has 0 bridgehead atoms. The van der Waals surface area contributed by atoms with Gasteiger partial charge in [-0.05, 0) is 42.5 Å². The molecule has 1 aliphatic rings. The van der Waals surface area contributed by atoms with E-state index in [1.54, 1.807) is 0 Å². The van der Waals surface area contributed by atoms with Crippen LogP contribution in [-0.4, -0.2) is 25.0 Å². The van der Waals surface area contributed by atoms with Gasteiger partial charge >= 0.3 is 0 Å². The van der Waals surface area contributed by atoms with Gasteiger partial charge < -0.3 is 10.1 Å². The molecule has 0 unspecified atom stereocenters. The highest BCUT2D eigenvalue weighted by molar-refractivity contribution is 6.00. The van der Waals surface area contributed by atoms with E-state index in [2.05, 4.69) is 43.4 Å². The zero-order valence-corrected chi connectivity index (χ0v) is 16.8. The molecular weight excluding hydrogens is 352 g/mol. The molecule has 0 radical (unpaired) electrons. The van der Waals surface area contributed by atoms with Gasteiger partial charge in [-0.1, -0.05) is 50.2 Å². The molecule has 0 fully saturated rings. The van der Waals surface area contributed by atoms with Gasteiger partial charge in [-0.3, -0.25) is 14.5 Å². The number of para-hydroxylation sites is 2. The molecule has 1 aliphatic heterocycles. The molecule has 2 amide bonds. The Hall–Kier alpha value is -2.82. The van der Waals surface area contributed by atoms with E-state index in [0.29, 0.717) is 24.0 Å². The number of amides is 2. The first-order valence-corrected chi connectivity index (χ1v) is 9.84. The number of carbonyl (C=O) groups excluding carboxylic acids is 2. The lowest BCUT2D eigenvalue weighted by Crippen LogP contribution is -2.41. The highest BCUT2D eigenvalue weighted by atomic mass is 16.5. The Balaban J connectivity index is 1.65. The molecule has 2 aromatic carbocycles. The molecule has 5 nitrogen and oxygen atoms in total. The molecule has 1 atom stereocenters. The van der Waals surface area contributed by atoms with Crippen LogP contribution in [0.1, 0.15) is 44.4 Å². The van der Waals surface area contributed by atoms with Crippen LogP contribution < -0.4 is 15.0 Å². The summed E-state index contributed by atoms with van der Waals surface area (Å²) in [6, 6.07) is 15.5. The predicted octanol–water partition coefficient (Wildman–Crippen LogP) is 3.88. The Kier molecular flexibility index (Phi) is 6.34. The van der Waals surface area contributed by atoms with Crippen molar-refractivity contribution in [1.82, 2.24) is 5.32 Å². The number of carbonyl (C=O) groups is 2. The smallest absolute Gasteiger partial charge is 0.240 e. The van der Waals surface area contributed by atoms with Crippen LogP contribution in [0, 0.1) is 5.92 Å². The van der Waals surface area contributed by atoms with Crippen molar-refractivity contribution in [3.05, 3.63) is 59.7 Å². The topological polar surface area (TPSA) is 58.6 Å². The molecule has 148 valence electrons. The second-order valence-corrected chi connectivity index (χ2v) is 7.67. The third-order valence-corrected chi connectivity index (χ3v) is 4.83. The fourth-order valence-electron chi connectivity index (χ4n) is 3.42. The Morgan fingerprint density at radius 1 is 1.11 bits per heavy atom. The van der Waals surface area contributed by atoms with Gasteiger partial charge in [0.1, 0.15) is 12.3 Å². The number of nitrogens with zero attached hydrogens (tertiary/aromatic N) is 1. The summed E-state index contributed by atoms with van der Waals surface area (Å²) in [5.74, 6) is 0.950. The Morgan fingerprint density at radius 3 is 2.54 bits per heavy atom. The minimum Gasteiger partial charge on any atom is -0.491 e. The van der Waals surface area contributed by atoms with Gasteiger partial charge in [0, 0.05) is 0 Å². The lowest BCUT2D eigenvalue weighted by Gasteiger charge is -2.23. The summed E-state index contributed by atoms with van der Waals surface area (Å²) >= 11 is 0. The van der Waals surface area contributed by atoms with Gasteiger partial charge in [-0.2, -0.15) is 0 Å². The lowest BCUT2D eigenvalue weighted by atomic mass is 10.00. The van der Waals surface area contributed by atoms with Gasteiger partial charge in [-0.15, -0.1) is 0 Å². The first-order chi connectivity index (χ1) is 13.4. The number of nitrogens with one attached hydrogen (secondary N) is 1. The fourth-order valence-corrected chi connectivity index (χ4v) is 3.42. The molecule has 1 heterocycles. The second-order valence-electron chi connectivity index (χ2n) is 7.67. The standard InChI is InChI=1S/C23H28N2O3/c1-16(2)14-18-8-10-19(11-9-18)17(3)24-22(26)15-25-20-6-4-5-7-21(20)28-13-12-23(25)27/h4-11,16-17H,12-15H2,1-3H3,(H,24,26)/t17-/m0/s1. The van der Waals surface area contributed by atoms with Crippen molar-refractivity contribution in [3.63, 3.8) is 0 Å². The van der Waals surface area contributed by atoms with Crippen LogP contribution in [0.2, 0.25) is 0 Å². The average molecular weight is 380 g/mol. The number of fused-ring (bicyclic) bond motifs is 1. The Bertz CT molecular complexity index is 830. The summed E-state index contributed by atoms with van der Waals surface area (Å²) in [5.41, 5.74) is 2.99. The summed E-state index contributed by atoms with van der Waals surface area (Å²) in [4.78, 5) is 26.6. The zero-order valence-electron chi connectivity index (χ0n) is 16.8. The van der Waals surface area contributed by atoms with E-state index in [1.165, 1.54) is 10.5 Å². The molecule has 5 heteroatoms. The molecule has 2 aromatic rings. The largest absolute Gasteiger partial charge is 0.491 e. The van der Waals surface area contributed by atoms with Crippen molar-refractivity contribution < 1.29 is 14.3 Å². The van der Waals surface area contributed by atoms with Crippen LogP contribution in [0.15, 0.2) is 48.5 Å². The van der Waals surface area contributed by atoms with E-state index < -0.39 is 0 Å². The number of anilines is 1. The Labute approximate surface area is 166 Å². The van der Waals surface area contributed by atoms with E-state index in [9.17, 15) is 9.59 Å². The second kappa shape index (κ2) is 8.91. The third-order valence-electron chi connectivity index (χ3n) is 4.83. The van der Waals surface area contributed by atoms with Gasteiger partial charge in [0.25, 0.3) is 0 Å². The highest BCUT2D eigenvalue weighted by Gasteiger charge is 2.25. The lowest BCUT2D eigenvalue weighted by molar-refractivity contribution is -0.124. The molecule has 1 N–H and O–H groups in total. The van der Waals surface area contributed by atoms with Crippen LogP contribution in [0.4, 0.5) is 5.69 Å². The molecule has 0 aliphatic carbocycles. The minimum absolute atomic E-state index is 0.0189. The van der Waals surface area contributed by atoms with Crippen molar-refractivity contribution in [3.8, 4) is 5.75 Å². The normalized spacial score (nSPS) is 14.9. The summed E-state index contributed by atoms with van der Waals surface area (Å²) in [6.45, 7) is 6.66. The molecule has 0 spiro atoms. The minimum atomic E-state index is -0.191. The van der Waals surface area contributed by atoms with Crippen LogP contribution >= 0.6 is 0 Å². The monoisotopic (exact) mass is 380 g/mol. The number of hydrogen-bond acceptors (Lipinski definition) is 3. The van der Waals surface area contributed by atoms with Crippen molar-refractivity contribution in [1.29, 1.82) is 0 Å². The maximum absolute atomic E-state index is 12.6.